The summed E-state index contributed by atoms with van der Waals surface area (Å²) in [5.74, 6) is 0.120. The summed E-state index contributed by atoms with van der Waals surface area (Å²) in [6.45, 7) is 2.84. The van der Waals surface area contributed by atoms with E-state index in [2.05, 4.69) is 5.32 Å². The smallest absolute Gasteiger partial charge is 0.286 e. The van der Waals surface area contributed by atoms with Crippen molar-refractivity contribution >= 4 is 5.91 Å². The third kappa shape index (κ3) is 1.85. The Morgan fingerprint density at radius 1 is 1.75 bits per heavy atom. The second-order valence-corrected chi connectivity index (χ2v) is 2.38. The van der Waals surface area contributed by atoms with Gasteiger partial charge in [0.1, 0.15) is 0 Å². The van der Waals surface area contributed by atoms with Gasteiger partial charge in [-0.1, -0.05) is 0 Å². The first-order chi connectivity index (χ1) is 5.77. The first-order valence-electron chi connectivity index (χ1n) is 3.83. The van der Waals surface area contributed by atoms with Crippen molar-refractivity contribution in [3.63, 3.8) is 0 Å². The fourth-order valence-corrected chi connectivity index (χ4v) is 0.849. The molecule has 0 bridgehead atoms. The topological polar surface area (TPSA) is 68.3 Å². The summed E-state index contributed by atoms with van der Waals surface area (Å²) >= 11 is 0. The number of rotatable bonds is 3. The summed E-state index contributed by atoms with van der Waals surface area (Å²) in [7, 11) is 0. The summed E-state index contributed by atoms with van der Waals surface area (Å²) in [6.07, 6.45) is 1.49. The van der Waals surface area contributed by atoms with Crippen LogP contribution in [0.1, 0.15) is 23.0 Å². The van der Waals surface area contributed by atoms with Gasteiger partial charge < -0.3 is 15.5 Å². The Labute approximate surface area is 70.7 Å². The minimum absolute atomic E-state index is 0.197. The highest BCUT2D eigenvalue weighted by atomic mass is 16.3. The quantitative estimate of drug-likeness (QED) is 0.690. The van der Waals surface area contributed by atoms with Crippen molar-refractivity contribution < 1.29 is 9.21 Å². The molecule has 0 radical (unpaired) electrons. The molecular weight excluding hydrogens is 156 g/mol. The van der Waals surface area contributed by atoms with Gasteiger partial charge in [0.2, 0.25) is 0 Å². The van der Waals surface area contributed by atoms with Gasteiger partial charge in [-0.05, 0) is 13.0 Å². The largest absolute Gasteiger partial charge is 0.459 e. The molecule has 4 nitrogen and oxygen atoms in total. The maximum atomic E-state index is 11.1. The molecule has 1 amide bonds. The van der Waals surface area contributed by atoms with E-state index in [1.807, 2.05) is 6.92 Å². The molecule has 1 aromatic heterocycles. The lowest BCUT2D eigenvalue weighted by molar-refractivity contribution is 0.0928. The molecular formula is C8H12N2O2. The minimum Gasteiger partial charge on any atom is -0.459 e. The van der Waals surface area contributed by atoms with Crippen LogP contribution in [-0.4, -0.2) is 12.5 Å². The van der Waals surface area contributed by atoms with E-state index >= 15 is 0 Å². The highest BCUT2D eigenvalue weighted by molar-refractivity contribution is 5.91. The Morgan fingerprint density at radius 3 is 3.00 bits per heavy atom. The van der Waals surface area contributed by atoms with Gasteiger partial charge in [-0.3, -0.25) is 4.79 Å². The molecule has 12 heavy (non-hydrogen) atoms. The number of furan rings is 1. The molecule has 0 spiro atoms. The summed E-state index contributed by atoms with van der Waals surface area (Å²) in [5.41, 5.74) is 6.18. The Morgan fingerprint density at radius 2 is 2.50 bits per heavy atom. The fourth-order valence-electron chi connectivity index (χ4n) is 0.849. The molecule has 0 aliphatic heterocycles. The van der Waals surface area contributed by atoms with Gasteiger partial charge in [-0.2, -0.15) is 0 Å². The number of hydrogen-bond donors (Lipinski definition) is 2. The van der Waals surface area contributed by atoms with Crippen LogP contribution in [0.5, 0.6) is 0 Å². The van der Waals surface area contributed by atoms with Gasteiger partial charge in [0.15, 0.2) is 5.76 Å². The Hall–Kier alpha value is -1.29. The molecule has 0 saturated heterocycles. The molecule has 0 aliphatic carbocycles. The van der Waals surface area contributed by atoms with E-state index in [0.717, 1.165) is 5.56 Å². The van der Waals surface area contributed by atoms with Crippen LogP contribution in [0.25, 0.3) is 0 Å². The van der Waals surface area contributed by atoms with Gasteiger partial charge in [0, 0.05) is 18.7 Å². The predicted molar refractivity (Wildman–Crippen MR) is 44.6 cm³/mol. The molecule has 0 aromatic carbocycles. The van der Waals surface area contributed by atoms with E-state index < -0.39 is 0 Å². The zero-order valence-electron chi connectivity index (χ0n) is 6.96. The van der Waals surface area contributed by atoms with Crippen molar-refractivity contribution in [2.75, 3.05) is 6.54 Å². The van der Waals surface area contributed by atoms with Gasteiger partial charge in [-0.15, -0.1) is 0 Å². The Bertz CT molecular complexity index is 268. The zero-order chi connectivity index (χ0) is 8.97. The predicted octanol–water partition coefficient (Wildman–Crippen LogP) is 0.488. The number of nitrogens with one attached hydrogen (secondary N) is 1. The number of nitrogens with two attached hydrogens (primary N) is 1. The van der Waals surface area contributed by atoms with Crippen LogP contribution in [0.3, 0.4) is 0 Å². The molecule has 0 aliphatic rings. The lowest BCUT2D eigenvalue weighted by Gasteiger charge is -1.95. The van der Waals surface area contributed by atoms with Gasteiger partial charge in [0.25, 0.3) is 5.91 Å². The highest BCUT2D eigenvalue weighted by Gasteiger charge is 2.08. The fraction of sp³-hybridized carbons (Fsp3) is 0.375. The van der Waals surface area contributed by atoms with E-state index in [1.54, 1.807) is 6.07 Å². The maximum Gasteiger partial charge on any atom is 0.286 e. The monoisotopic (exact) mass is 168 g/mol. The third-order valence-corrected chi connectivity index (χ3v) is 1.45. The summed E-state index contributed by atoms with van der Waals surface area (Å²) in [5, 5.41) is 2.63. The van der Waals surface area contributed by atoms with Gasteiger partial charge >= 0.3 is 0 Å². The average Bonchev–Trinajstić information content (AvgIpc) is 2.52. The van der Waals surface area contributed by atoms with Crippen molar-refractivity contribution in [1.29, 1.82) is 0 Å². The second kappa shape index (κ2) is 3.92. The van der Waals surface area contributed by atoms with Crippen LogP contribution in [0.2, 0.25) is 0 Å². The van der Waals surface area contributed by atoms with Crippen LogP contribution in [0.4, 0.5) is 0 Å². The number of hydrogen-bond acceptors (Lipinski definition) is 3. The molecule has 0 saturated carbocycles. The first kappa shape index (κ1) is 8.80. The number of amides is 1. The van der Waals surface area contributed by atoms with Crippen molar-refractivity contribution in [2.24, 2.45) is 5.73 Å². The summed E-state index contributed by atoms with van der Waals surface area (Å²) in [4.78, 5) is 11.1. The van der Waals surface area contributed by atoms with Crippen molar-refractivity contribution in [1.82, 2.24) is 5.32 Å². The van der Waals surface area contributed by atoms with E-state index in [-0.39, 0.29) is 5.91 Å². The first-order valence-corrected chi connectivity index (χ1v) is 3.83. The molecule has 1 heterocycles. The van der Waals surface area contributed by atoms with Crippen molar-refractivity contribution in [3.8, 4) is 0 Å². The molecule has 1 rings (SSSR count). The molecule has 0 fully saturated rings. The molecule has 3 N–H and O–H groups in total. The minimum atomic E-state index is -0.197. The molecule has 4 heteroatoms. The van der Waals surface area contributed by atoms with Gasteiger partial charge in [0.05, 0.1) is 6.26 Å². The standard InChI is InChI=1S/C8H12N2O2/c1-2-10-8(11)7-3-6(4-9)5-12-7/h3,5H,2,4,9H2,1H3,(H,10,11). The Balaban J connectivity index is 2.68. The van der Waals surface area contributed by atoms with E-state index in [0.29, 0.717) is 18.8 Å². The number of carbonyl (C=O) groups is 1. The summed E-state index contributed by atoms with van der Waals surface area (Å²) in [6, 6.07) is 1.64. The van der Waals surface area contributed by atoms with Crippen molar-refractivity contribution in [2.45, 2.75) is 13.5 Å². The number of carbonyl (C=O) groups excluding carboxylic acids is 1. The van der Waals surface area contributed by atoms with Crippen molar-refractivity contribution in [3.05, 3.63) is 23.7 Å². The average molecular weight is 168 g/mol. The van der Waals surface area contributed by atoms with E-state index in [9.17, 15) is 4.79 Å². The van der Waals surface area contributed by atoms with Gasteiger partial charge in [-0.25, -0.2) is 0 Å². The SMILES string of the molecule is CCNC(=O)c1cc(CN)co1. The Kier molecular flexibility index (Phi) is 2.88. The van der Waals surface area contributed by atoms with E-state index in [4.69, 9.17) is 10.2 Å². The lowest BCUT2D eigenvalue weighted by atomic mass is 10.3. The van der Waals surface area contributed by atoms with Crippen LogP contribution in [0, 0.1) is 0 Å². The van der Waals surface area contributed by atoms with Crippen LogP contribution in [0.15, 0.2) is 16.7 Å². The molecule has 1 aromatic rings. The highest BCUT2D eigenvalue weighted by Crippen LogP contribution is 2.06. The molecule has 0 unspecified atom stereocenters. The van der Waals surface area contributed by atoms with Crippen LogP contribution in [-0.2, 0) is 6.54 Å². The molecule has 0 atom stereocenters. The van der Waals surface area contributed by atoms with E-state index in [1.165, 1.54) is 6.26 Å². The second-order valence-electron chi connectivity index (χ2n) is 2.38. The summed E-state index contributed by atoms with van der Waals surface area (Å²) < 4.78 is 4.98. The normalized spacial score (nSPS) is 9.83. The maximum absolute atomic E-state index is 11.1. The zero-order valence-corrected chi connectivity index (χ0v) is 6.96. The molecule has 66 valence electrons. The lowest BCUT2D eigenvalue weighted by Crippen LogP contribution is -2.21. The van der Waals surface area contributed by atoms with Crippen LogP contribution >= 0.6 is 0 Å². The third-order valence-electron chi connectivity index (χ3n) is 1.45. The van der Waals surface area contributed by atoms with Crippen LogP contribution < -0.4 is 11.1 Å².